The molecule has 12 N–H and O–H groups in total. The molecule has 0 bridgehead atoms. The smallest absolute Gasteiger partial charge is 0.251 e. The molecule has 6 fully saturated rings. The van der Waals surface area contributed by atoms with E-state index in [4.69, 9.17) is 37.9 Å². The summed E-state index contributed by atoms with van der Waals surface area (Å²) < 4.78 is 81.2. The van der Waals surface area contributed by atoms with Crippen LogP contribution in [0.4, 0.5) is 8.78 Å². The maximum Gasteiger partial charge on any atom is 0.251 e. The van der Waals surface area contributed by atoms with Crippen LogP contribution < -0.4 is 16.0 Å². The van der Waals surface area contributed by atoms with Crippen molar-refractivity contribution < 1.29 is 112 Å². The molecule has 15 unspecified atom stereocenters. The number of hydrogen-bond acceptors (Lipinski definition) is 25. The second-order valence-electron chi connectivity index (χ2n) is 27.3. The molecule has 0 spiro atoms. The fraction of sp³-hybridized carbons (Fsp3) is 0.701. The number of aliphatic hydroxyl groups is 9. The molecule has 31 nitrogen and oxygen atoms in total. The number of hydrogen-bond donors (Lipinski definition) is 12. The first kappa shape index (κ1) is 76.4. The van der Waals surface area contributed by atoms with Crippen molar-refractivity contribution in [3.63, 3.8) is 0 Å². The zero-order valence-corrected chi connectivity index (χ0v) is 56.5. The summed E-state index contributed by atoms with van der Waals surface area (Å²) in [5, 5.41) is 126. The predicted molar refractivity (Wildman–Crippen MR) is 344 cm³/mol. The van der Waals surface area contributed by atoms with Gasteiger partial charge >= 0.3 is 0 Å². The van der Waals surface area contributed by atoms with E-state index < -0.39 is 189 Å². The summed E-state index contributed by atoms with van der Waals surface area (Å²) in [6.45, 7) is 3.02. The van der Waals surface area contributed by atoms with Crippen molar-refractivity contribution in [2.45, 2.75) is 220 Å². The average Bonchev–Trinajstić information content (AvgIpc) is 1.72. The van der Waals surface area contributed by atoms with Crippen molar-refractivity contribution >= 4 is 23.6 Å². The van der Waals surface area contributed by atoms with E-state index in [2.05, 4.69) is 36.6 Å². The summed E-state index contributed by atoms with van der Waals surface area (Å²) >= 11 is 0. The van der Waals surface area contributed by atoms with E-state index in [1.807, 2.05) is 6.92 Å². The molecule has 4 aromatic rings. The van der Waals surface area contributed by atoms with Gasteiger partial charge in [0, 0.05) is 57.1 Å². The van der Waals surface area contributed by atoms with Gasteiger partial charge in [0.25, 0.3) is 5.91 Å². The van der Waals surface area contributed by atoms with Crippen LogP contribution >= 0.6 is 0 Å². The number of ether oxygens (including phenoxy) is 8. The van der Waals surface area contributed by atoms with Crippen molar-refractivity contribution in [2.24, 2.45) is 23.7 Å². The lowest BCUT2D eigenvalue weighted by molar-refractivity contribution is -0.338. The van der Waals surface area contributed by atoms with Crippen molar-refractivity contribution in [3.8, 4) is 22.5 Å². The molecule has 4 amide bonds. The van der Waals surface area contributed by atoms with E-state index in [9.17, 15) is 73.9 Å². The van der Waals surface area contributed by atoms with Crippen LogP contribution in [0.1, 0.15) is 103 Å². The van der Waals surface area contributed by atoms with Gasteiger partial charge in [-0.1, -0.05) is 80.1 Å². The maximum absolute atomic E-state index is 14.4. The van der Waals surface area contributed by atoms with E-state index in [0.717, 1.165) is 36.8 Å². The van der Waals surface area contributed by atoms with Crippen LogP contribution in [0, 0.1) is 35.3 Å². The molecule has 3 saturated carbocycles. The van der Waals surface area contributed by atoms with Gasteiger partial charge in [-0.05, 0) is 75.1 Å². The normalized spacial score (nSPS) is 34.6. The number of carbonyl (C=O) groups excluding carboxylic acids is 4. The number of nitrogens with zero attached hydrogens (tertiary/aromatic N) is 7. The summed E-state index contributed by atoms with van der Waals surface area (Å²) in [6.07, 6.45) is -17.1. The SMILES string of the molecule is CCC1CC(C(=O)NCCOCCNC(=O)C2CC(n3cc(-c4cccc(F)c4)nn3)C(O)[C@H](O[C@@H]3OC(CO)[C@H](O)C(n4cc(-c5cccc(F)c5)nn4)C3O)C2)C[C@@H](O[C@@H]2OC(CO)[C@H](O)C(O[C@@H](CC3CCCCC3)C(=O)N(C)C)C2NC(C)=O)C1O[C@@H]1OC(C)[C@@H](O)C(O)C1O. The molecule has 6 aliphatic rings. The summed E-state index contributed by atoms with van der Waals surface area (Å²) in [4.78, 5) is 57.0. The number of likely N-dealkylation sites (N-methyl/N-ethyl adjacent to an activating group) is 1. The Kier molecular flexibility index (Phi) is 26.6. The Morgan fingerprint density at radius 2 is 1.23 bits per heavy atom. The Morgan fingerprint density at radius 3 is 1.83 bits per heavy atom. The van der Waals surface area contributed by atoms with Crippen LogP contribution in [0.3, 0.4) is 0 Å². The fourth-order valence-corrected chi connectivity index (χ4v) is 14.6. The van der Waals surface area contributed by atoms with Crippen LogP contribution in [0.25, 0.3) is 22.5 Å². The lowest BCUT2D eigenvalue weighted by Crippen LogP contribution is -2.67. The number of aromatic nitrogens is 6. The Balaban J connectivity index is 0.797. The lowest BCUT2D eigenvalue weighted by Gasteiger charge is -2.49. The van der Waals surface area contributed by atoms with E-state index in [0.29, 0.717) is 24.0 Å². The number of carbonyl (C=O) groups is 4. The highest BCUT2D eigenvalue weighted by molar-refractivity contribution is 5.81. The van der Waals surface area contributed by atoms with Gasteiger partial charge in [-0.15, -0.1) is 10.2 Å². The van der Waals surface area contributed by atoms with Crippen molar-refractivity contribution in [2.75, 3.05) is 53.6 Å². The molecular weight excluding hydrogens is 1320 g/mol. The molecule has 2 aromatic carbocycles. The molecule has 0 radical (unpaired) electrons. The third-order valence-corrected chi connectivity index (χ3v) is 20.1. The zero-order chi connectivity index (χ0) is 71.6. The first-order chi connectivity index (χ1) is 47.9. The lowest BCUT2D eigenvalue weighted by atomic mass is 9.75. The standard InChI is InChI=1S/C67H96F2N10O21/c1-6-36-23-39(28-47(60(36)100-67-59(89)58(88)53(83)33(2)94-67)97-65-51(72-34(3)82)61(56(86)50(32-81)98-65)95-48(64(92)77(4)5)22-35-12-8-7-9-13-35)62(90)70-18-20-93-21-19-71-63(91)40-26-45(78-29-43(73-75-78)37-14-10-16-41(68)24-37)54(84)46(27-40)96-66-57(87)52(55(85)49(31-80)99-66)79-30-44(74-76-79)38-15-11-17-42(69)25-38/h10-11,14-17,24-25,29-30,33,35-36,39-40,45-61,65-67,80-81,83-89H,6-9,12-13,18-23,26-28,31-32H2,1-5H3,(H,70,90)(H,71,91)(H,72,82)/t33?,36?,39?,40?,45?,46-,47-,48+,49?,50?,51?,52?,53-,54?,55+,56+,57?,58?,59?,60?,61?,65-,66-,67+/m1/s1. The third-order valence-electron chi connectivity index (χ3n) is 20.1. The largest absolute Gasteiger partial charge is 0.394 e. The van der Waals surface area contributed by atoms with Gasteiger partial charge in [0.1, 0.15) is 102 Å². The average molecular weight is 1420 g/mol. The summed E-state index contributed by atoms with van der Waals surface area (Å²) in [5.41, 5.74) is 1.20. The maximum atomic E-state index is 14.4. The number of benzene rings is 2. The molecule has 24 atom stereocenters. The second-order valence-corrected chi connectivity index (χ2v) is 27.3. The zero-order valence-electron chi connectivity index (χ0n) is 56.5. The van der Waals surface area contributed by atoms with Gasteiger partial charge < -0.3 is 105 Å². The van der Waals surface area contributed by atoms with Gasteiger partial charge in [0.15, 0.2) is 18.9 Å². The molecular formula is C67H96F2N10O21. The monoisotopic (exact) mass is 1410 g/mol. The van der Waals surface area contributed by atoms with Crippen LogP contribution in [0.5, 0.6) is 0 Å². The Morgan fingerprint density at radius 1 is 0.660 bits per heavy atom. The van der Waals surface area contributed by atoms with Crippen LogP contribution in [-0.4, -0.2) is 275 Å². The van der Waals surface area contributed by atoms with Gasteiger partial charge in [-0.2, -0.15) is 0 Å². The van der Waals surface area contributed by atoms with Crippen LogP contribution in [0.15, 0.2) is 60.9 Å². The molecule has 33 heteroatoms. The first-order valence-electron chi connectivity index (χ1n) is 34.5. The Labute approximate surface area is 576 Å². The fourth-order valence-electron chi connectivity index (χ4n) is 14.6. The van der Waals surface area contributed by atoms with Crippen molar-refractivity contribution in [1.29, 1.82) is 0 Å². The Hall–Kier alpha value is -6.22. The number of halogens is 2. The van der Waals surface area contributed by atoms with E-state index in [1.165, 1.54) is 72.2 Å². The van der Waals surface area contributed by atoms with Crippen LogP contribution in [0.2, 0.25) is 0 Å². The molecule has 554 valence electrons. The minimum atomic E-state index is -1.73. The predicted octanol–water partition coefficient (Wildman–Crippen LogP) is -0.462. The molecule has 3 aliphatic carbocycles. The number of amides is 4. The van der Waals surface area contributed by atoms with Gasteiger partial charge in [-0.25, -0.2) is 18.1 Å². The highest BCUT2D eigenvalue weighted by Gasteiger charge is 2.54. The highest BCUT2D eigenvalue weighted by Crippen LogP contribution is 2.42. The van der Waals surface area contributed by atoms with E-state index in [-0.39, 0.29) is 75.2 Å². The highest BCUT2D eigenvalue weighted by atomic mass is 19.1. The number of nitrogens with one attached hydrogen (secondary N) is 3. The summed E-state index contributed by atoms with van der Waals surface area (Å²) in [5.74, 6) is -4.99. The van der Waals surface area contributed by atoms with Crippen LogP contribution in [-0.2, 0) is 57.1 Å². The molecule has 3 saturated heterocycles. The minimum absolute atomic E-state index is 0.00320. The van der Waals surface area contributed by atoms with Crippen molar-refractivity contribution in [3.05, 3.63) is 72.6 Å². The van der Waals surface area contributed by atoms with E-state index in [1.54, 1.807) is 26.2 Å². The second kappa shape index (κ2) is 34.8. The van der Waals surface area contributed by atoms with E-state index >= 15 is 0 Å². The number of aliphatic hydroxyl groups excluding tert-OH is 9. The summed E-state index contributed by atoms with van der Waals surface area (Å²) in [6, 6.07) is 7.50. The summed E-state index contributed by atoms with van der Waals surface area (Å²) in [7, 11) is 3.17. The third kappa shape index (κ3) is 18.2. The molecule has 3 aliphatic heterocycles. The molecule has 100 heavy (non-hydrogen) atoms. The first-order valence-corrected chi connectivity index (χ1v) is 34.5. The van der Waals surface area contributed by atoms with Gasteiger partial charge in [-0.3, -0.25) is 19.2 Å². The molecule has 5 heterocycles. The molecule has 10 rings (SSSR count). The quantitative estimate of drug-likeness (QED) is 0.0336. The van der Waals surface area contributed by atoms with Gasteiger partial charge in [0.05, 0.1) is 69.3 Å². The topological polar surface area (TPSA) is 425 Å². The minimum Gasteiger partial charge on any atom is -0.394 e. The van der Waals surface area contributed by atoms with Gasteiger partial charge in [0.2, 0.25) is 17.7 Å². The Bertz CT molecular complexity index is 3320. The molecule has 2 aromatic heterocycles. The van der Waals surface area contributed by atoms with Crippen molar-refractivity contribution in [1.82, 2.24) is 50.8 Å². The number of rotatable bonds is 27.